The van der Waals surface area contributed by atoms with Gasteiger partial charge >= 0.3 is 0 Å². The lowest BCUT2D eigenvalue weighted by molar-refractivity contribution is -0.122. The maximum atomic E-state index is 13.0. The molecule has 2 fully saturated rings. The van der Waals surface area contributed by atoms with Crippen molar-refractivity contribution in [1.29, 1.82) is 0 Å². The summed E-state index contributed by atoms with van der Waals surface area (Å²) in [5.74, 6) is -0.490. The van der Waals surface area contributed by atoms with Crippen LogP contribution in [0.4, 0.5) is 11.4 Å². The van der Waals surface area contributed by atoms with E-state index in [1.54, 1.807) is 24.3 Å². The number of imide groups is 1. The Labute approximate surface area is 171 Å². The third-order valence-electron chi connectivity index (χ3n) is 6.41. The van der Waals surface area contributed by atoms with Crippen molar-refractivity contribution in [3.8, 4) is 0 Å². The number of anilines is 2. The number of amides is 3. The summed E-state index contributed by atoms with van der Waals surface area (Å²) >= 11 is 0. The summed E-state index contributed by atoms with van der Waals surface area (Å²) in [6, 6.07) is 12.5. The molecule has 5 heteroatoms. The summed E-state index contributed by atoms with van der Waals surface area (Å²) in [7, 11) is 0. The molecule has 1 heterocycles. The minimum Gasteiger partial charge on any atom is -0.322 e. The van der Waals surface area contributed by atoms with E-state index in [4.69, 9.17) is 0 Å². The van der Waals surface area contributed by atoms with Gasteiger partial charge in [0.15, 0.2) is 0 Å². The fourth-order valence-electron chi connectivity index (χ4n) is 4.51. The van der Waals surface area contributed by atoms with Crippen LogP contribution in [0.5, 0.6) is 0 Å². The Balaban J connectivity index is 1.59. The molecule has 3 atom stereocenters. The smallest absolute Gasteiger partial charge is 0.255 e. The van der Waals surface area contributed by atoms with Crippen LogP contribution >= 0.6 is 0 Å². The van der Waals surface area contributed by atoms with Gasteiger partial charge in [-0.25, -0.2) is 0 Å². The van der Waals surface area contributed by atoms with Crippen LogP contribution in [-0.4, -0.2) is 17.7 Å². The molecule has 1 saturated heterocycles. The quantitative estimate of drug-likeness (QED) is 0.786. The molecule has 2 aliphatic rings. The average molecular weight is 390 g/mol. The highest BCUT2D eigenvalue weighted by Crippen LogP contribution is 2.42. The Hall–Kier alpha value is -2.95. The second-order valence-corrected chi connectivity index (χ2v) is 8.40. The van der Waals surface area contributed by atoms with Gasteiger partial charge in [-0.2, -0.15) is 0 Å². The molecule has 5 nitrogen and oxygen atoms in total. The van der Waals surface area contributed by atoms with Gasteiger partial charge in [0.1, 0.15) is 0 Å². The van der Waals surface area contributed by atoms with E-state index < -0.39 is 0 Å². The van der Waals surface area contributed by atoms with Gasteiger partial charge in [0.05, 0.1) is 17.5 Å². The number of nitrogens with one attached hydrogen (secondary N) is 1. The number of aryl methyl sites for hydroxylation is 1. The molecule has 150 valence electrons. The summed E-state index contributed by atoms with van der Waals surface area (Å²) < 4.78 is 0. The molecule has 2 aromatic rings. The Bertz CT molecular complexity index is 997. The van der Waals surface area contributed by atoms with E-state index in [0.29, 0.717) is 17.2 Å². The highest BCUT2D eigenvalue weighted by atomic mass is 16.2. The van der Waals surface area contributed by atoms with Gasteiger partial charge in [-0.3, -0.25) is 19.3 Å². The molecule has 1 N–H and O–H groups in total. The first-order valence-electron chi connectivity index (χ1n) is 10.2. The predicted octanol–water partition coefficient (Wildman–Crippen LogP) is 4.48. The normalized spacial score (nSPS) is 23.8. The molecular formula is C24H26N2O3. The molecule has 1 aliphatic heterocycles. The maximum Gasteiger partial charge on any atom is 0.255 e. The molecule has 1 aliphatic carbocycles. The van der Waals surface area contributed by atoms with Crippen molar-refractivity contribution < 1.29 is 14.4 Å². The molecule has 0 radical (unpaired) electrons. The van der Waals surface area contributed by atoms with Crippen molar-refractivity contribution in [3.05, 3.63) is 59.2 Å². The predicted molar refractivity (Wildman–Crippen MR) is 113 cm³/mol. The first-order valence-corrected chi connectivity index (χ1v) is 10.2. The van der Waals surface area contributed by atoms with Crippen LogP contribution in [0.1, 0.15) is 47.7 Å². The molecule has 3 amide bonds. The average Bonchev–Trinajstić information content (AvgIpc) is 2.95. The van der Waals surface area contributed by atoms with Crippen molar-refractivity contribution in [2.75, 3.05) is 10.2 Å². The zero-order valence-corrected chi connectivity index (χ0v) is 17.1. The van der Waals surface area contributed by atoms with Gasteiger partial charge in [0.2, 0.25) is 11.8 Å². The van der Waals surface area contributed by atoms with Gasteiger partial charge < -0.3 is 5.32 Å². The molecule has 2 aromatic carbocycles. The highest BCUT2D eigenvalue weighted by molar-refractivity contribution is 6.22. The zero-order chi connectivity index (χ0) is 20.7. The van der Waals surface area contributed by atoms with E-state index in [-0.39, 0.29) is 29.6 Å². The number of hydrogen-bond donors (Lipinski definition) is 1. The van der Waals surface area contributed by atoms with Crippen LogP contribution in [0.2, 0.25) is 0 Å². The number of carbonyl (C=O) groups is 3. The molecular weight excluding hydrogens is 364 g/mol. The van der Waals surface area contributed by atoms with Crippen LogP contribution in [0, 0.1) is 31.6 Å². The zero-order valence-electron chi connectivity index (χ0n) is 17.1. The topological polar surface area (TPSA) is 66.5 Å². The summed E-state index contributed by atoms with van der Waals surface area (Å²) in [4.78, 5) is 40.0. The number of nitrogens with zero attached hydrogens (tertiary/aromatic N) is 1. The first kappa shape index (κ1) is 19.4. The SMILES string of the molecule is Cc1cccc(NC(=O)c2cccc(N3C(=O)[C@H]4C[C@H](C)CC[C@H]4C3=O)c2)c1C. The minimum absolute atomic E-state index is 0.126. The Morgan fingerprint density at radius 1 is 1.00 bits per heavy atom. The lowest BCUT2D eigenvalue weighted by Gasteiger charge is -2.25. The molecule has 0 unspecified atom stereocenters. The molecule has 0 spiro atoms. The summed E-state index contributed by atoms with van der Waals surface area (Å²) in [6.07, 6.45) is 2.50. The van der Waals surface area contributed by atoms with Crippen LogP contribution < -0.4 is 10.2 Å². The maximum absolute atomic E-state index is 13.0. The van der Waals surface area contributed by atoms with Crippen LogP contribution in [0.3, 0.4) is 0 Å². The van der Waals surface area contributed by atoms with Crippen molar-refractivity contribution in [1.82, 2.24) is 0 Å². The van der Waals surface area contributed by atoms with E-state index in [0.717, 1.165) is 36.1 Å². The summed E-state index contributed by atoms with van der Waals surface area (Å²) in [5, 5.41) is 2.94. The molecule has 0 aromatic heterocycles. The van der Waals surface area contributed by atoms with Crippen molar-refractivity contribution >= 4 is 29.1 Å². The second kappa shape index (κ2) is 7.47. The number of rotatable bonds is 3. The monoisotopic (exact) mass is 390 g/mol. The van der Waals surface area contributed by atoms with E-state index in [2.05, 4.69) is 12.2 Å². The first-order chi connectivity index (χ1) is 13.9. The molecule has 0 bridgehead atoms. The van der Waals surface area contributed by atoms with E-state index in [1.165, 1.54) is 4.90 Å². The summed E-state index contributed by atoms with van der Waals surface area (Å²) in [6.45, 7) is 6.09. The number of hydrogen-bond acceptors (Lipinski definition) is 3. The van der Waals surface area contributed by atoms with Crippen LogP contribution in [0.15, 0.2) is 42.5 Å². The van der Waals surface area contributed by atoms with Crippen molar-refractivity contribution in [2.24, 2.45) is 17.8 Å². The lowest BCUT2D eigenvalue weighted by atomic mass is 9.76. The highest BCUT2D eigenvalue weighted by Gasteiger charge is 2.50. The third kappa shape index (κ3) is 3.46. The Morgan fingerprint density at radius 3 is 2.52 bits per heavy atom. The third-order valence-corrected chi connectivity index (χ3v) is 6.41. The fourth-order valence-corrected chi connectivity index (χ4v) is 4.51. The fraction of sp³-hybridized carbons (Fsp3) is 0.375. The van der Waals surface area contributed by atoms with Gasteiger partial charge in [0, 0.05) is 11.3 Å². The van der Waals surface area contributed by atoms with Crippen molar-refractivity contribution in [3.63, 3.8) is 0 Å². The van der Waals surface area contributed by atoms with Gasteiger partial charge in [0.25, 0.3) is 5.91 Å². The standard InChI is InChI=1S/C24H26N2O3/c1-14-10-11-19-20(12-14)24(29)26(23(19)28)18-8-5-7-17(13-18)22(27)25-21-9-4-6-15(2)16(21)3/h4-9,13-14,19-20H,10-12H2,1-3H3,(H,25,27)/t14-,19-,20+/m1/s1. The second-order valence-electron chi connectivity index (χ2n) is 8.40. The number of benzene rings is 2. The number of carbonyl (C=O) groups excluding carboxylic acids is 3. The Morgan fingerprint density at radius 2 is 1.72 bits per heavy atom. The molecule has 4 rings (SSSR count). The number of fused-ring (bicyclic) bond motifs is 1. The largest absolute Gasteiger partial charge is 0.322 e. The van der Waals surface area contributed by atoms with E-state index in [9.17, 15) is 14.4 Å². The summed E-state index contributed by atoms with van der Waals surface area (Å²) in [5.41, 5.74) is 3.78. The Kier molecular flexibility index (Phi) is 4.99. The van der Waals surface area contributed by atoms with Gasteiger partial charge in [-0.15, -0.1) is 0 Å². The van der Waals surface area contributed by atoms with Gasteiger partial charge in [-0.05, 0) is 74.4 Å². The molecule has 1 saturated carbocycles. The van der Waals surface area contributed by atoms with Crippen molar-refractivity contribution in [2.45, 2.75) is 40.0 Å². The van der Waals surface area contributed by atoms with E-state index >= 15 is 0 Å². The minimum atomic E-state index is -0.259. The van der Waals surface area contributed by atoms with Gasteiger partial charge in [-0.1, -0.05) is 25.1 Å². The molecule has 29 heavy (non-hydrogen) atoms. The van der Waals surface area contributed by atoms with Crippen LogP contribution in [0.25, 0.3) is 0 Å². The lowest BCUT2D eigenvalue weighted by Crippen LogP contribution is -2.31. The van der Waals surface area contributed by atoms with Crippen LogP contribution in [-0.2, 0) is 9.59 Å². The van der Waals surface area contributed by atoms with E-state index in [1.807, 2.05) is 32.0 Å².